The minimum Gasteiger partial charge on any atom is -0.481 e. The van der Waals surface area contributed by atoms with E-state index in [0.717, 1.165) is 18.2 Å². The van der Waals surface area contributed by atoms with Gasteiger partial charge in [-0.2, -0.15) is 0 Å². The van der Waals surface area contributed by atoms with Crippen molar-refractivity contribution >= 4 is 17.8 Å². The monoisotopic (exact) mass is 286 g/mol. The number of rotatable bonds is 6. The summed E-state index contributed by atoms with van der Waals surface area (Å²) >= 11 is 0. The fourth-order valence-corrected chi connectivity index (χ4v) is 1.50. The summed E-state index contributed by atoms with van der Waals surface area (Å²) in [5.41, 5.74) is 4.45. The van der Waals surface area contributed by atoms with Crippen molar-refractivity contribution in [3.63, 3.8) is 0 Å². The molecule has 0 unspecified atom stereocenters. The van der Waals surface area contributed by atoms with Crippen LogP contribution < -0.4 is 11.1 Å². The van der Waals surface area contributed by atoms with Crippen LogP contribution in [0.5, 0.6) is 0 Å². The third kappa shape index (κ3) is 4.30. The minimum absolute atomic E-state index is 0.469. The molecule has 0 aliphatic carbocycles. The summed E-state index contributed by atoms with van der Waals surface area (Å²) in [5, 5.41) is 10.6. The van der Waals surface area contributed by atoms with Crippen molar-refractivity contribution in [2.24, 2.45) is 5.73 Å². The molecule has 0 saturated carbocycles. The Kier molecular flexibility index (Phi) is 5.13. The quantitative estimate of drug-likeness (QED) is 0.681. The molecule has 0 radical (unpaired) electrons. The first-order valence-electron chi connectivity index (χ1n) is 5.54. The zero-order valence-corrected chi connectivity index (χ0v) is 10.2. The molecule has 0 aromatic heterocycles. The van der Waals surface area contributed by atoms with Crippen molar-refractivity contribution in [1.29, 1.82) is 0 Å². The molecular formula is C12H12F2N2O4. The standard InChI is InChI=1S/C12H12F2N2O4/c13-7-2-1-3-8(14)6(7)4-10(17)16-9(12(15)20)5-11(18)19/h1-3,9H,4-5H2,(H2,15,20)(H,16,17)(H,18,19)/t9-/m0/s1. The van der Waals surface area contributed by atoms with Gasteiger partial charge in [-0.3, -0.25) is 14.4 Å². The summed E-state index contributed by atoms with van der Waals surface area (Å²) in [6, 6.07) is 1.67. The highest BCUT2D eigenvalue weighted by atomic mass is 19.1. The van der Waals surface area contributed by atoms with E-state index in [0.29, 0.717) is 0 Å². The maximum Gasteiger partial charge on any atom is 0.305 e. The summed E-state index contributed by atoms with van der Waals surface area (Å²) in [7, 11) is 0. The van der Waals surface area contributed by atoms with E-state index in [2.05, 4.69) is 0 Å². The number of hydrogen-bond acceptors (Lipinski definition) is 3. The number of benzene rings is 1. The third-order valence-corrected chi connectivity index (χ3v) is 2.46. The van der Waals surface area contributed by atoms with Crippen LogP contribution in [0.1, 0.15) is 12.0 Å². The summed E-state index contributed by atoms with van der Waals surface area (Å²) in [4.78, 5) is 33.0. The van der Waals surface area contributed by atoms with Crippen molar-refractivity contribution in [1.82, 2.24) is 5.32 Å². The molecule has 0 heterocycles. The zero-order chi connectivity index (χ0) is 15.3. The van der Waals surface area contributed by atoms with E-state index < -0.39 is 53.9 Å². The van der Waals surface area contributed by atoms with Gasteiger partial charge in [0.1, 0.15) is 17.7 Å². The van der Waals surface area contributed by atoms with E-state index in [1.165, 1.54) is 0 Å². The van der Waals surface area contributed by atoms with Gasteiger partial charge in [0.15, 0.2) is 0 Å². The Morgan fingerprint density at radius 2 is 1.80 bits per heavy atom. The average Bonchev–Trinajstić information content (AvgIpc) is 2.32. The van der Waals surface area contributed by atoms with Gasteiger partial charge in [-0.25, -0.2) is 8.78 Å². The first-order chi connectivity index (χ1) is 9.31. The molecule has 8 heteroatoms. The molecule has 0 aliphatic heterocycles. The Morgan fingerprint density at radius 1 is 1.25 bits per heavy atom. The number of amides is 2. The number of nitrogens with two attached hydrogens (primary N) is 1. The minimum atomic E-state index is -1.44. The topological polar surface area (TPSA) is 109 Å². The van der Waals surface area contributed by atoms with Gasteiger partial charge in [-0.15, -0.1) is 0 Å². The molecule has 0 bridgehead atoms. The lowest BCUT2D eigenvalue weighted by molar-refractivity contribution is -0.140. The van der Waals surface area contributed by atoms with E-state index in [1.807, 2.05) is 5.32 Å². The van der Waals surface area contributed by atoms with Crippen LogP contribution in [0.3, 0.4) is 0 Å². The van der Waals surface area contributed by atoms with Crippen LogP contribution in [0.15, 0.2) is 18.2 Å². The number of nitrogens with one attached hydrogen (secondary N) is 1. The first-order valence-corrected chi connectivity index (χ1v) is 5.54. The van der Waals surface area contributed by atoms with Crippen LogP contribution in [0.4, 0.5) is 8.78 Å². The first kappa shape index (κ1) is 15.5. The predicted molar refractivity (Wildman–Crippen MR) is 63.4 cm³/mol. The Morgan fingerprint density at radius 3 is 2.25 bits per heavy atom. The molecule has 20 heavy (non-hydrogen) atoms. The van der Waals surface area contributed by atoms with Crippen molar-refractivity contribution in [3.8, 4) is 0 Å². The van der Waals surface area contributed by atoms with Crippen molar-refractivity contribution in [3.05, 3.63) is 35.4 Å². The van der Waals surface area contributed by atoms with E-state index in [1.54, 1.807) is 0 Å². The van der Waals surface area contributed by atoms with E-state index in [-0.39, 0.29) is 0 Å². The van der Waals surface area contributed by atoms with Crippen LogP contribution in [-0.2, 0) is 20.8 Å². The fraction of sp³-hybridized carbons (Fsp3) is 0.250. The molecule has 1 rings (SSSR count). The second-order valence-electron chi connectivity index (χ2n) is 4.00. The van der Waals surface area contributed by atoms with Crippen LogP contribution in [0.2, 0.25) is 0 Å². The smallest absolute Gasteiger partial charge is 0.305 e. The number of carbonyl (C=O) groups is 3. The largest absolute Gasteiger partial charge is 0.481 e. The molecule has 1 atom stereocenters. The van der Waals surface area contributed by atoms with E-state index in [9.17, 15) is 23.2 Å². The lowest BCUT2D eigenvalue weighted by Crippen LogP contribution is -2.46. The maximum absolute atomic E-state index is 13.3. The molecule has 0 spiro atoms. The maximum atomic E-state index is 13.3. The van der Waals surface area contributed by atoms with Crippen LogP contribution in [0.25, 0.3) is 0 Å². The number of aliphatic carboxylic acids is 1. The fourth-order valence-electron chi connectivity index (χ4n) is 1.50. The van der Waals surface area contributed by atoms with Gasteiger partial charge in [0.2, 0.25) is 11.8 Å². The van der Waals surface area contributed by atoms with Gasteiger partial charge in [0.25, 0.3) is 0 Å². The molecule has 0 fully saturated rings. The average molecular weight is 286 g/mol. The second kappa shape index (κ2) is 6.60. The van der Waals surface area contributed by atoms with Crippen LogP contribution >= 0.6 is 0 Å². The Balaban J connectivity index is 2.76. The summed E-state index contributed by atoms with van der Waals surface area (Å²) in [5.74, 6) is -5.11. The number of carboxylic acids is 1. The number of carboxylic acid groups (broad SMARTS) is 1. The number of halogens is 2. The summed E-state index contributed by atoms with van der Waals surface area (Å²) < 4.78 is 26.6. The van der Waals surface area contributed by atoms with E-state index in [4.69, 9.17) is 10.8 Å². The van der Waals surface area contributed by atoms with Crippen molar-refractivity contribution in [2.45, 2.75) is 18.9 Å². The van der Waals surface area contributed by atoms with Crippen molar-refractivity contribution < 1.29 is 28.3 Å². The highest BCUT2D eigenvalue weighted by molar-refractivity contribution is 5.90. The number of primary amides is 1. The van der Waals surface area contributed by atoms with Crippen molar-refractivity contribution in [2.75, 3.05) is 0 Å². The molecule has 108 valence electrons. The van der Waals surface area contributed by atoms with Crippen LogP contribution in [-0.4, -0.2) is 28.9 Å². The normalized spacial score (nSPS) is 11.7. The van der Waals surface area contributed by atoms with Crippen LogP contribution in [0, 0.1) is 11.6 Å². The van der Waals surface area contributed by atoms with Gasteiger partial charge >= 0.3 is 5.97 Å². The highest BCUT2D eigenvalue weighted by Gasteiger charge is 2.22. The van der Waals surface area contributed by atoms with Gasteiger partial charge in [0.05, 0.1) is 12.8 Å². The number of hydrogen-bond donors (Lipinski definition) is 3. The summed E-state index contributed by atoms with van der Waals surface area (Å²) in [6.07, 6.45) is -1.37. The zero-order valence-electron chi connectivity index (χ0n) is 10.2. The SMILES string of the molecule is NC(=O)[C@H](CC(=O)O)NC(=O)Cc1c(F)cccc1F. The third-order valence-electron chi connectivity index (χ3n) is 2.46. The summed E-state index contributed by atoms with van der Waals surface area (Å²) in [6.45, 7) is 0. The molecule has 4 N–H and O–H groups in total. The second-order valence-corrected chi connectivity index (χ2v) is 4.00. The van der Waals surface area contributed by atoms with Gasteiger partial charge in [0, 0.05) is 5.56 Å². The van der Waals surface area contributed by atoms with Gasteiger partial charge in [-0.05, 0) is 12.1 Å². The lowest BCUT2D eigenvalue weighted by Gasteiger charge is -2.13. The molecule has 6 nitrogen and oxygen atoms in total. The van der Waals surface area contributed by atoms with E-state index >= 15 is 0 Å². The molecule has 1 aromatic rings. The Hall–Kier alpha value is -2.51. The Bertz CT molecular complexity index is 528. The Labute approximate surface area is 112 Å². The molecule has 0 aliphatic rings. The van der Waals surface area contributed by atoms with Gasteiger partial charge in [-0.1, -0.05) is 6.07 Å². The lowest BCUT2D eigenvalue weighted by atomic mass is 10.1. The number of carbonyl (C=O) groups excluding carboxylic acids is 2. The highest BCUT2D eigenvalue weighted by Crippen LogP contribution is 2.12. The predicted octanol–water partition coefficient (Wildman–Crippen LogP) is -0.0479. The van der Waals surface area contributed by atoms with Gasteiger partial charge < -0.3 is 16.2 Å². The molecule has 0 saturated heterocycles. The molecule has 1 aromatic carbocycles. The molecular weight excluding hydrogens is 274 g/mol. The molecule has 2 amide bonds.